The van der Waals surface area contributed by atoms with Gasteiger partial charge in [0, 0.05) is 6.07 Å². The standard InChI is InChI=1S/C12H10BrClFN3O2/c1-6(2)19-11-16-10(14)17-12(18-11)20-7-3-4-8(13)9(15)5-7/h3-6H,1-2H3. The van der Waals surface area contributed by atoms with E-state index < -0.39 is 5.82 Å². The highest BCUT2D eigenvalue weighted by Gasteiger charge is 2.10. The maximum Gasteiger partial charge on any atom is 0.329 e. The van der Waals surface area contributed by atoms with E-state index in [0.717, 1.165) is 0 Å². The number of aromatic nitrogens is 3. The van der Waals surface area contributed by atoms with Crippen molar-refractivity contribution in [2.24, 2.45) is 0 Å². The van der Waals surface area contributed by atoms with Gasteiger partial charge >= 0.3 is 12.0 Å². The van der Waals surface area contributed by atoms with Crippen molar-refractivity contribution in [3.05, 3.63) is 33.8 Å². The van der Waals surface area contributed by atoms with Crippen molar-refractivity contribution in [3.8, 4) is 17.8 Å². The van der Waals surface area contributed by atoms with Crippen molar-refractivity contribution in [1.82, 2.24) is 15.0 Å². The van der Waals surface area contributed by atoms with E-state index in [1.165, 1.54) is 12.1 Å². The molecule has 106 valence electrons. The minimum atomic E-state index is -0.457. The fourth-order valence-corrected chi connectivity index (χ4v) is 1.66. The van der Waals surface area contributed by atoms with E-state index in [4.69, 9.17) is 21.1 Å². The molecule has 20 heavy (non-hydrogen) atoms. The molecule has 0 aliphatic carbocycles. The van der Waals surface area contributed by atoms with Crippen molar-refractivity contribution in [1.29, 1.82) is 0 Å². The zero-order valence-corrected chi connectivity index (χ0v) is 12.9. The van der Waals surface area contributed by atoms with Gasteiger partial charge in [-0.3, -0.25) is 0 Å². The Kier molecular flexibility index (Phi) is 4.72. The van der Waals surface area contributed by atoms with Crippen LogP contribution >= 0.6 is 27.5 Å². The minimum Gasteiger partial charge on any atom is -0.461 e. The summed E-state index contributed by atoms with van der Waals surface area (Å²) < 4.78 is 24.4. The molecule has 0 spiro atoms. The van der Waals surface area contributed by atoms with E-state index in [1.54, 1.807) is 6.07 Å². The van der Waals surface area contributed by atoms with Gasteiger partial charge in [-0.05, 0) is 53.5 Å². The SMILES string of the molecule is CC(C)Oc1nc(Cl)nc(Oc2ccc(Br)c(F)c2)n1. The van der Waals surface area contributed by atoms with E-state index in [0.29, 0.717) is 4.47 Å². The lowest BCUT2D eigenvalue weighted by molar-refractivity contribution is 0.218. The molecule has 5 nitrogen and oxygen atoms in total. The average Bonchev–Trinajstić information content (AvgIpc) is 2.32. The molecule has 0 aliphatic heterocycles. The number of hydrogen-bond donors (Lipinski definition) is 0. The lowest BCUT2D eigenvalue weighted by Crippen LogP contribution is -2.09. The van der Waals surface area contributed by atoms with Crippen LogP contribution in [-0.4, -0.2) is 21.1 Å². The lowest BCUT2D eigenvalue weighted by atomic mass is 10.3. The normalized spacial score (nSPS) is 10.7. The number of hydrogen-bond acceptors (Lipinski definition) is 5. The summed E-state index contributed by atoms with van der Waals surface area (Å²) in [6.45, 7) is 3.64. The maximum atomic E-state index is 13.4. The summed E-state index contributed by atoms with van der Waals surface area (Å²) in [6.07, 6.45) is -0.119. The fourth-order valence-electron chi connectivity index (χ4n) is 1.27. The third-order valence-corrected chi connectivity index (χ3v) is 2.82. The second kappa shape index (κ2) is 6.32. The highest BCUT2D eigenvalue weighted by molar-refractivity contribution is 9.10. The molecule has 0 N–H and O–H groups in total. The molecule has 2 rings (SSSR count). The van der Waals surface area contributed by atoms with Gasteiger partial charge in [-0.2, -0.15) is 9.97 Å². The van der Waals surface area contributed by atoms with Crippen LogP contribution in [0.4, 0.5) is 4.39 Å². The van der Waals surface area contributed by atoms with Gasteiger partial charge in [-0.25, -0.2) is 4.39 Å². The van der Waals surface area contributed by atoms with Crippen LogP contribution in [0.15, 0.2) is 22.7 Å². The molecule has 1 aromatic heterocycles. The van der Waals surface area contributed by atoms with Crippen LogP contribution < -0.4 is 9.47 Å². The molecular weight excluding hydrogens is 353 g/mol. The van der Waals surface area contributed by atoms with E-state index >= 15 is 0 Å². The molecule has 0 saturated carbocycles. The molecule has 0 unspecified atom stereocenters. The quantitative estimate of drug-likeness (QED) is 0.822. The Morgan fingerprint density at radius 3 is 2.55 bits per heavy atom. The molecule has 0 amide bonds. The van der Waals surface area contributed by atoms with E-state index in [9.17, 15) is 4.39 Å². The fraction of sp³-hybridized carbons (Fsp3) is 0.250. The molecule has 2 aromatic rings. The van der Waals surface area contributed by atoms with Gasteiger partial charge in [0.25, 0.3) is 0 Å². The Morgan fingerprint density at radius 1 is 1.20 bits per heavy atom. The summed E-state index contributed by atoms with van der Waals surface area (Å²) in [5, 5.41) is -0.0665. The van der Waals surface area contributed by atoms with Crippen LogP contribution in [-0.2, 0) is 0 Å². The molecule has 0 radical (unpaired) electrons. The number of halogens is 3. The van der Waals surface area contributed by atoms with Crippen molar-refractivity contribution in [2.45, 2.75) is 20.0 Å². The van der Waals surface area contributed by atoms with Gasteiger partial charge < -0.3 is 9.47 Å². The van der Waals surface area contributed by atoms with Crippen molar-refractivity contribution in [3.63, 3.8) is 0 Å². The molecule has 0 fully saturated rings. The van der Waals surface area contributed by atoms with E-state index in [-0.39, 0.29) is 29.2 Å². The maximum absolute atomic E-state index is 13.4. The van der Waals surface area contributed by atoms with Gasteiger partial charge in [-0.1, -0.05) is 0 Å². The summed E-state index contributed by atoms with van der Waals surface area (Å²) in [6, 6.07) is 4.26. The third kappa shape index (κ3) is 4.01. The molecule has 0 atom stereocenters. The Bertz CT molecular complexity index is 628. The van der Waals surface area contributed by atoms with Crippen LogP contribution in [0.25, 0.3) is 0 Å². The Morgan fingerprint density at radius 2 is 1.90 bits per heavy atom. The molecule has 8 heteroatoms. The van der Waals surface area contributed by atoms with Crippen LogP contribution in [0.2, 0.25) is 5.28 Å². The Hall–Kier alpha value is -1.47. The number of ether oxygens (including phenoxy) is 2. The van der Waals surface area contributed by atoms with Gasteiger partial charge in [0.2, 0.25) is 5.28 Å². The van der Waals surface area contributed by atoms with Crippen LogP contribution in [0.3, 0.4) is 0 Å². The molecule has 0 bridgehead atoms. The van der Waals surface area contributed by atoms with Crippen LogP contribution in [0.1, 0.15) is 13.8 Å². The predicted molar refractivity (Wildman–Crippen MR) is 74.8 cm³/mol. The summed E-state index contributed by atoms with van der Waals surface area (Å²) in [7, 11) is 0. The van der Waals surface area contributed by atoms with Gasteiger partial charge in [0.05, 0.1) is 10.6 Å². The second-order valence-electron chi connectivity index (χ2n) is 4.01. The summed E-state index contributed by atoms with van der Waals surface area (Å²) in [4.78, 5) is 11.5. The smallest absolute Gasteiger partial charge is 0.329 e. The topological polar surface area (TPSA) is 57.1 Å². The largest absolute Gasteiger partial charge is 0.461 e. The first-order valence-corrected chi connectivity index (χ1v) is 6.82. The van der Waals surface area contributed by atoms with E-state index in [2.05, 4.69) is 30.9 Å². The monoisotopic (exact) mass is 361 g/mol. The van der Waals surface area contributed by atoms with Crippen molar-refractivity contribution >= 4 is 27.5 Å². The molecular formula is C12H10BrClFN3O2. The molecule has 0 aliphatic rings. The summed E-state index contributed by atoms with van der Waals surface area (Å²) in [5.74, 6) is -0.218. The zero-order chi connectivity index (χ0) is 14.7. The third-order valence-electron chi connectivity index (χ3n) is 2.01. The van der Waals surface area contributed by atoms with Crippen molar-refractivity contribution in [2.75, 3.05) is 0 Å². The minimum absolute atomic E-state index is 0.0487. The highest BCUT2D eigenvalue weighted by Crippen LogP contribution is 2.25. The number of nitrogens with zero attached hydrogens (tertiary/aromatic N) is 3. The summed E-state index contributed by atoms with van der Waals surface area (Å²) >= 11 is 8.80. The zero-order valence-electron chi connectivity index (χ0n) is 10.6. The number of benzene rings is 1. The average molecular weight is 363 g/mol. The predicted octanol–water partition coefficient (Wildman–Crippen LogP) is 4.01. The lowest BCUT2D eigenvalue weighted by Gasteiger charge is -2.09. The van der Waals surface area contributed by atoms with E-state index in [1.807, 2.05) is 13.8 Å². The first-order valence-electron chi connectivity index (χ1n) is 5.65. The van der Waals surface area contributed by atoms with Gasteiger partial charge in [0.1, 0.15) is 11.6 Å². The number of rotatable bonds is 4. The van der Waals surface area contributed by atoms with Gasteiger partial charge in [0.15, 0.2) is 0 Å². The van der Waals surface area contributed by atoms with Crippen LogP contribution in [0, 0.1) is 5.82 Å². The Balaban J connectivity index is 2.24. The molecule has 1 aromatic carbocycles. The highest BCUT2D eigenvalue weighted by atomic mass is 79.9. The van der Waals surface area contributed by atoms with Gasteiger partial charge in [-0.15, -0.1) is 4.98 Å². The van der Waals surface area contributed by atoms with Crippen LogP contribution in [0.5, 0.6) is 17.8 Å². The molecule has 0 saturated heterocycles. The molecule has 1 heterocycles. The second-order valence-corrected chi connectivity index (χ2v) is 5.21. The Labute approximate surface area is 128 Å². The van der Waals surface area contributed by atoms with Crippen molar-refractivity contribution < 1.29 is 13.9 Å². The first-order chi connectivity index (χ1) is 9.44. The summed E-state index contributed by atoms with van der Waals surface area (Å²) in [5.41, 5.74) is 0. The first kappa shape index (κ1) is 14.9.